The van der Waals surface area contributed by atoms with E-state index in [9.17, 15) is 0 Å². The lowest BCUT2D eigenvalue weighted by molar-refractivity contribution is 0.205. The molecule has 16 heavy (non-hydrogen) atoms. The molecule has 0 fully saturated rings. The van der Waals surface area contributed by atoms with Crippen LogP contribution in [-0.4, -0.2) is 6.61 Å². The van der Waals surface area contributed by atoms with Gasteiger partial charge in [0, 0.05) is 17.5 Å². The molecule has 1 unspecified atom stereocenters. The highest BCUT2D eigenvalue weighted by Gasteiger charge is 2.32. The second-order valence-corrected chi connectivity index (χ2v) is 4.71. The average Bonchev–Trinajstić information content (AvgIpc) is 2.30. The van der Waals surface area contributed by atoms with Crippen LogP contribution < -0.4 is 10.5 Å². The van der Waals surface area contributed by atoms with E-state index >= 15 is 0 Å². The molecule has 2 nitrogen and oxygen atoms in total. The predicted molar refractivity (Wildman–Crippen MR) is 66.6 cm³/mol. The number of hydrogen-bond acceptors (Lipinski definition) is 2. The molecule has 1 aliphatic heterocycles. The zero-order valence-electron chi connectivity index (χ0n) is 10.0. The number of hydrogen-bond donors (Lipinski definition) is 1. The minimum atomic E-state index is -0.163. The van der Waals surface area contributed by atoms with Crippen molar-refractivity contribution >= 4 is 0 Å². The lowest BCUT2D eigenvalue weighted by atomic mass is 9.81. The molecule has 0 saturated carbocycles. The molecule has 1 aliphatic rings. The van der Waals surface area contributed by atoms with Gasteiger partial charge < -0.3 is 10.5 Å². The Bertz CT molecular complexity index is 350. The third-order valence-corrected chi connectivity index (χ3v) is 3.46. The summed E-state index contributed by atoms with van der Waals surface area (Å²) in [6.45, 7) is 2.97. The summed E-state index contributed by atoms with van der Waals surface area (Å²) in [5, 5.41) is 0. The first-order valence-electron chi connectivity index (χ1n) is 6.27. The summed E-state index contributed by atoms with van der Waals surface area (Å²) in [4.78, 5) is 0. The van der Waals surface area contributed by atoms with Crippen LogP contribution in [0.3, 0.4) is 0 Å². The number of fused-ring (bicyclic) bond motifs is 1. The Morgan fingerprint density at radius 3 is 2.94 bits per heavy atom. The monoisotopic (exact) mass is 219 g/mol. The number of ether oxygens (including phenoxy) is 1. The predicted octanol–water partition coefficient (Wildman–Crippen LogP) is 3.20. The Labute approximate surface area is 97.8 Å². The summed E-state index contributed by atoms with van der Waals surface area (Å²) in [5.74, 6) is 0.979. The lowest BCUT2D eigenvalue weighted by Crippen LogP contribution is -2.41. The summed E-state index contributed by atoms with van der Waals surface area (Å²) >= 11 is 0. The van der Waals surface area contributed by atoms with Crippen molar-refractivity contribution in [2.75, 3.05) is 6.61 Å². The van der Waals surface area contributed by atoms with Gasteiger partial charge in [0.15, 0.2) is 0 Å². The molecule has 0 aliphatic carbocycles. The van der Waals surface area contributed by atoms with Crippen LogP contribution in [0.25, 0.3) is 0 Å². The topological polar surface area (TPSA) is 35.2 Å². The summed E-state index contributed by atoms with van der Waals surface area (Å²) < 4.78 is 5.65. The van der Waals surface area contributed by atoms with Gasteiger partial charge in [-0.15, -0.1) is 0 Å². The van der Waals surface area contributed by atoms with Crippen LogP contribution in [-0.2, 0) is 5.54 Å². The molecule has 0 saturated heterocycles. The maximum Gasteiger partial charge on any atom is 0.124 e. The Morgan fingerprint density at radius 2 is 2.12 bits per heavy atom. The van der Waals surface area contributed by atoms with Crippen LogP contribution in [0.4, 0.5) is 0 Å². The minimum absolute atomic E-state index is 0.163. The molecule has 1 aromatic carbocycles. The molecule has 88 valence electrons. The molecular weight excluding hydrogens is 198 g/mol. The second kappa shape index (κ2) is 4.88. The molecule has 2 rings (SSSR count). The molecule has 0 aromatic heterocycles. The van der Waals surface area contributed by atoms with E-state index in [0.29, 0.717) is 0 Å². The molecule has 1 aromatic rings. The fraction of sp³-hybridized carbons (Fsp3) is 0.571. The van der Waals surface area contributed by atoms with Gasteiger partial charge in [-0.1, -0.05) is 44.4 Å². The molecular formula is C14H21NO. The van der Waals surface area contributed by atoms with Crippen LogP contribution in [0.5, 0.6) is 5.75 Å². The molecule has 2 N–H and O–H groups in total. The normalized spacial score (nSPS) is 23.6. The average molecular weight is 219 g/mol. The van der Waals surface area contributed by atoms with E-state index < -0.39 is 0 Å². The Morgan fingerprint density at radius 1 is 1.31 bits per heavy atom. The standard InChI is InChI=1S/C14H21NO/c1-2-3-6-9-14(15)10-11-16-13-8-5-4-7-12(13)14/h4-5,7-8H,2-3,6,9-11,15H2,1H3. The highest BCUT2D eigenvalue weighted by atomic mass is 16.5. The third-order valence-electron chi connectivity index (χ3n) is 3.46. The first-order chi connectivity index (χ1) is 7.76. The van der Waals surface area contributed by atoms with Crippen LogP contribution >= 0.6 is 0 Å². The van der Waals surface area contributed by atoms with Crippen LogP contribution in [0.15, 0.2) is 24.3 Å². The number of para-hydroxylation sites is 1. The number of rotatable bonds is 4. The van der Waals surface area contributed by atoms with Gasteiger partial charge in [-0.2, -0.15) is 0 Å². The fourth-order valence-electron chi connectivity index (χ4n) is 2.43. The zero-order chi connectivity index (χ0) is 11.4. The second-order valence-electron chi connectivity index (χ2n) is 4.71. The molecule has 1 heterocycles. The van der Waals surface area contributed by atoms with E-state index in [1.54, 1.807) is 0 Å². The van der Waals surface area contributed by atoms with Gasteiger partial charge in [0.05, 0.1) is 6.61 Å². The van der Waals surface area contributed by atoms with Gasteiger partial charge >= 0.3 is 0 Å². The number of nitrogens with two attached hydrogens (primary N) is 1. The van der Waals surface area contributed by atoms with Crippen LogP contribution in [0, 0.1) is 0 Å². The summed E-state index contributed by atoms with van der Waals surface area (Å²) in [6.07, 6.45) is 5.73. The van der Waals surface area contributed by atoms with Crippen molar-refractivity contribution in [3.05, 3.63) is 29.8 Å². The largest absolute Gasteiger partial charge is 0.493 e. The molecule has 1 atom stereocenters. The van der Waals surface area contributed by atoms with Crippen molar-refractivity contribution in [3.63, 3.8) is 0 Å². The minimum Gasteiger partial charge on any atom is -0.493 e. The first-order valence-corrected chi connectivity index (χ1v) is 6.27. The summed E-state index contributed by atoms with van der Waals surface area (Å²) in [5.41, 5.74) is 7.56. The van der Waals surface area contributed by atoms with E-state index in [0.717, 1.165) is 25.2 Å². The van der Waals surface area contributed by atoms with E-state index in [1.807, 2.05) is 12.1 Å². The zero-order valence-corrected chi connectivity index (χ0v) is 10.0. The quantitative estimate of drug-likeness (QED) is 0.789. The van der Waals surface area contributed by atoms with Crippen molar-refractivity contribution in [2.45, 2.75) is 44.6 Å². The van der Waals surface area contributed by atoms with Gasteiger partial charge in [-0.3, -0.25) is 0 Å². The lowest BCUT2D eigenvalue weighted by Gasteiger charge is -2.35. The highest BCUT2D eigenvalue weighted by Crippen LogP contribution is 2.38. The van der Waals surface area contributed by atoms with E-state index in [4.69, 9.17) is 10.5 Å². The Hall–Kier alpha value is -1.02. The van der Waals surface area contributed by atoms with Crippen LogP contribution in [0.1, 0.15) is 44.6 Å². The fourth-order valence-corrected chi connectivity index (χ4v) is 2.43. The van der Waals surface area contributed by atoms with Crippen molar-refractivity contribution in [2.24, 2.45) is 5.73 Å². The molecule has 0 amide bonds. The van der Waals surface area contributed by atoms with Gasteiger partial charge in [-0.25, -0.2) is 0 Å². The van der Waals surface area contributed by atoms with Gasteiger partial charge in [0.2, 0.25) is 0 Å². The van der Waals surface area contributed by atoms with Gasteiger partial charge in [-0.05, 0) is 12.5 Å². The Kier molecular flexibility index (Phi) is 3.49. The molecule has 0 radical (unpaired) electrons. The molecule has 0 spiro atoms. The van der Waals surface area contributed by atoms with E-state index in [-0.39, 0.29) is 5.54 Å². The molecule has 0 bridgehead atoms. The van der Waals surface area contributed by atoms with E-state index in [2.05, 4.69) is 19.1 Å². The first kappa shape index (κ1) is 11.5. The summed E-state index contributed by atoms with van der Waals surface area (Å²) in [6, 6.07) is 8.20. The smallest absolute Gasteiger partial charge is 0.124 e. The van der Waals surface area contributed by atoms with Crippen LogP contribution in [0.2, 0.25) is 0 Å². The van der Waals surface area contributed by atoms with E-state index in [1.165, 1.54) is 24.8 Å². The maximum absolute atomic E-state index is 6.53. The van der Waals surface area contributed by atoms with Gasteiger partial charge in [0.25, 0.3) is 0 Å². The summed E-state index contributed by atoms with van der Waals surface area (Å²) in [7, 11) is 0. The van der Waals surface area contributed by atoms with Crippen molar-refractivity contribution < 1.29 is 4.74 Å². The Balaban J connectivity index is 2.16. The SMILES string of the molecule is CCCCCC1(N)CCOc2ccccc21. The van der Waals surface area contributed by atoms with Crippen molar-refractivity contribution in [1.29, 1.82) is 0 Å². The van der Waals surface area contributed by atoms with Gasteiger partial charge in [0.1, 0.15) is 5.75 Å². The number of benzene rings is 1. The highest BCUT2D eigenvalue weighted by molar-refractivity contribution is 5.40. The maximum atomic E-state index is 6.53. The van der Waals surface area contributed by atoms with Crippen molar-refractivity contribution in [1.82, 2.24) is 0 Å². The van der Waals surface area contributed by atoms with Crippen molar-refractivity contribution in [3.8, 4) is 5.75 Å². The molecule has 2 heteroatoms. The number of unbranched alkanes of at least 4 members (excludes halogenated alkanes) is 2. The third kappa shape index (κ3) is 2.22.